The molecule has 0 radical (unpaired) electrons. The highest BCUT2D eigenvalue weighted by molar-refractivity contribution is 6.24. The number of ketones is 2. The average molecular weight is 561 g/mol. The second-order valence-electron chi connectivity index (χ2n) is 11.6. The topological polar surface area (TPSA) is 161 Å². The van der Waals surface area contributed by atoms with E-state index in [-0.39, 0.29) is 29.7 Å². The largest absolute Gasteiger partial charge is 0.508 e. The minimum absolute atomic E-state index is 0.0528. The lowest BCUT2D eigenvalue weighted by atomic mass is 9.57. The number of hydrogen-bond donors (Lipinski definition) is 5. The van der Waals surface area contributed by atoms with Gasteiger partial charge in [-0.05, 0) is 74.0 Å². The number of fused-ring (bicyclic) bond motifs is 3. The fraction of sp³-hybridized carbons (Fsp3) is 0.406. The van der Waals surface area contributed by atoms with Crippen LogP contribution in [0.2, 0.25) is 0 Å². The molecule has 1 amide bonds. The lowest BCUT2D eigenvalue weighted by Crippen LogP contribution is -2.65. The van der Waals surface area contributed by atoms with E-state index in [1.165, 1.54) is 16.5 Å². The first-order valence-electron chi connectivity index (χ1n) is 14.0. The Balaban J connectivity index is 1.63. The molecule has 1 saturated carbocycles. The molecule has 5 rings (SSSR count). The van der Waals surface area contributed by atoms with E-state index < -0.39 is 58.0 Å². The van der Waals surface area contributed by atoms with Gasteiger partial charge in [-0.2, -0.15) is 0 Å². The zero-order valence-corrected chi connectivity index (χ0v) is 23.5. The molecular formula is C32H36N2O7. The van der Waals surface area contributed by atoms with Crippen LogP contribution in [0.5, 0.6) is 5.75 Å². The van der Waals surface area contributed by atoms with Gasteiger partial charge in [0.25, 0.3) is 5.91 Å². The lowest BCUT2D eigenvalue weighted by molar-refractivity contribution is -0.153. The fourth-order valence-corrected chi connectivity index (χ4v) is 6.94. The van der Waals surface area contributed by atoms with Crippen LogP contribution in [-0.2, 0) is 27.2 Å². The van der Waals surface area contributed by atoms with E-state index in [0.717, 1.165) is 36.8 Å². The van der Waals surface area contributed by atoms with E-state index in [0.29, 0.717) is 5.56 Å². The van der Waals surface area contributed by atoms with Crippen molar-refractivity contribution in [3.05, 3.63) is 70.0 Å². The third-order valence-corrected chi connectivity index (χ3v) is 8.94. The molecule has 6 N–H and O–H groups in total. The Morgan fingerprint density at radius 3 is 2.34 bits per heavy atom. The van der Waals surface area contributed by atoms with E-state index >= 15 is 0 Å². The number of Topliss-reactive ketones (excluding diaryl/α,β-unsaturated/α-hetero) is 2. The first-order chi connectivity index (χ1) is 19.4. The van der Waals surface area contributed by atoms with Crippen molar-refractivity contribution in [1.29, 1.82) is 0 Å². The number of benzene rings is 2. The number of rotatable bonds is 7. The van der Waals surface area contributed by atoms with Gasteiger partial charge in [-0.1, -0.05) is 50.1 Å². The number of primary amides is 1. The number of phenolic OH excluding ortho intramolecular Hbond substituents is 1. The Labute approximate surface area is 238 Å². The van der Waals surface area contributed by atoms with E-state index in [9.17, 15) is 34.8 Å². The quantitative estimate of drug-likeness (QED) is 0.254. The Morgan fingerprint density at radius 2 is 1.73 bits per heavy atom. The maximum Gasteiger partial charge on any atom is 0.255 e. The molecule has 0 spiro atoms. The van der Waals surface area contributed by atoms with Crippen molar-refractivity contribution < 1.29 is 34.8 Å². The van der Waals surface area contributed by atoms with Gasteiger partial charge in [0.2, 0.25) is 5.78 Å². The molecule has 4 atom stereocenters. The maximum absolute atomic E-state index is 14.0. The van der Waals surface area contributed by atoms with E-state index in [1.54, 1.807) is 20.2 Å². The molecule has 0 saturated heterocycles. The Kier molecular flexibility index (Phi) is 7.29. The highest BCUT2D eigenvalue weighted by Gasteiger charge is 2.64. The summed E-state index contributed by atoms with van der Waals surface area (Å²) < 4.78 is 0. The van der Waals surface area contributed by atoms with Crippen LogP contribution in [0.3, 0.4) is 0 Å². The normalized spacial score (nSPS) is 25.7. The summed E-state index contributed by atoms with van der Waals surface area (Å²) in [6.45, 7) is 2.16. The third-order valence-electron chi connectivity index (χ3n) is 8.94. The molecule has 9 heteroatoms. The number of aliphatic hydroxyl groups excluding tert-OH is 2. The molecule has 3 aliphatic rings. The van der Waals surface area contributed by atoms with Crippen LogP contribution in [0.15, 0.2) is 53.3 Å². The van der Waals surface area contributed by atoms with Crippen LogP contribution >= 0.6 is 0 Å². The Bertz CT molecular complexity index is 1500. The minimum Gasteiger partial charge on any atom is -0.508 e. The monoisotopic (exact) mass is 560 g/mol. The first kappa shape index (κ1) is 28.6. The number of carbonyl (C=O) groups excluding carboxylic acids is 3. The molecular weight excluding hydrogens is 524 g/mol. The van der Waals surface area contributed by atoms with E-state index in [1.807, 2.05) is 12.1 Å². The van der Waals surface area contributed by atoms with E-state index in [4.69, 9.17) is 5.73 Å². The highest BCUT2D eigenvalue weighted by Crippen LogP contribution is 2.53. The van der Waals surface area contributed by atoms with Crippen molar-refractivity contribution in [2.75, 3.05) is 14.1 Å². The number of amides is 1. The molecule has 3 aliphatic carbocycles. The minimum atomic E-state index is -2.65. The first-order valence-corrected chi connectivity index (χ1v) is 14.0. The standard InChI is InChI=1S/C32H36N2O7/c1-4-5-6-7-16-8-10-17(11-9-16)19-12-13-22(35)24-20(19)14-18-15-21-26(34(2)3)28(37)25(31(33)40)30(39)32(21,41)29(38)23(18)27(24)36/h8-13,18,21,26,35-36,39,41H,4-7,14-15H2,1-3H3,(H2,33,40)/t18-,21-,26-,32-/m1/s1. The van der Waals surface area contributed by atoms with Crippen LogP contribution in [-0.4, -0.2) is 68.5 Å². The van der Waals surface area contributed by atoms with Gasteiger partial charge < -0.3 is 26.2 Å². The van der Waals surface area contributed by atoms with Crippen molar-refractivity contribution >= 4 is 23.2 Å². The number of likely N-dealkylation sites (N-methyl/N-ethyl adjacent to an activating group) is 1. The van der Waals surface area contributed by atoms with Crippen LogP contribution in [0.4, 0.5) is 0 Å². The number of phenols is 1. The number of carbonyl (C=O) groups is 3. The molecule has 0 aromatic heterocycles. The maximum atomic E-state index is 14.0. The Morgan fingerprint density at radius 1 is 1.05 bits per heavy atom. The number of hydrogen-bond acceptors (Lipinski definition) is 8. The van der Waals surface area contributed by atoms with Gasteiger partial charge in [0.15, 0.2) is 11.4 Å². The summed E-state index contributed by atoms with van der Waals surface area (Å²) in [5, 5.41) is 45.0. The molecule has 1 fully saturated rings. The van der Waals surface area contributed by atoms with Crippen molar-refractivity contribution in [2.45, 2.75) is 57.1 Å². The second kappa shape index (κ2) is 10.5. The molecule has 216 valence electrons. The van der Waals surface area contributed by atoms with Crippen LogP contribution < -0.4 is 5.73 Å². The van der Waals surface area contributed by atoms with Crippen LogP contribution in [0.25, 0.3) is 16.9 Å². The van der Waals surface area contributed by atoms with Gasteiger partial charge in [-0.15, -0.1) is 0 Å². The van der Waals surface area contributed by atoms with Gasteiger partial charge in [-0.3, -0.25) is 19.3 Å². The van der Waals surface area contributed by atoms with Crippen LogP contribution in [0, 0.1) is 11.8 Å². The molecule has 2 aromatic carbocycles. The van der Waals surface area contributed by atoms with Gasteiger partial charge in [0.05, 0.1) is 11.6 Å². The second-order valence-corrected chi connectivity index (χ2v) is 11.6. The van der Waals surface area contributed by atoms with Crippen LogP contribution in [0.1, 0.15) is 49.3 Å². The highest BCUT2D eigenvalue weighted by atomic mass is 16.3. The summed E-state index contributed by atoms with van der Waals surface area (Å²) in [5.74, 6) is -6.58. The van der Waals surface area contributed by atoms with Crippen molar-refractivity contribution in [1.82, 2.24) is 4.90 Å². The van der Waals surface area contributed by atoms with Gasteiger partial charge in [0, 0.05) is 11.5 Å². The molecule has 2 aromatic rings. The number of nitrogens with two attached hydrogens (primary N) is 1. The molecule has 0 unspecified atom stereocenters. The Hall–Kier alpha value is -3.95. The van der Waals surface area contributed by atoms with Gasteiger partial charge >= 0.3 is 0 Å². The molecule has 41 heavy (non-hydrogen) atoms. The smallest absolute Gasteiger partial charge is 0.255 e. The van der Waals surface area contributed by atoms with Gasteiger partial charge in [0.1, 0.15) is 22.8 Å². The van der Waals surface area contributed by atoms with E-state index in [2.05, 4.69) is 19.1 Å². The molecule has 0 bridgehead atoms. The zero-order valence-electron chi connectivity index (χ0n) is 23.5. The summed E-state index contributed by atoms with van der Waals surface area (Å²) in [6, 6.07) is 10.3. The number of aryl methyl sites for hydroxylation is 1. The number of unbranched alkanes of at least 4 members (excludes halogenated alkanes) is 2. The van der Waals surface area contributed by atoms with Crippen molar-refractivity contribution in [3.63, 3.8) is 0 Å². The molecule has 0 aliphatic heterocycles. The van der Waals surface area contributed by atoms with Gasteiger partial charge in [-0.25, -0.2) is 0 Å². The summed E-state index contributed by atoms with van der Waals surface area (Å²) in [5.41, 5.74) is 5.39. The number of nitrogens with zero attached hydrogens (tertiary/aromatic N) is 1. The summed E-state index contributed by atoms with van der Waals surface area (Å²) in [6.07, 6.45) is 4.69. The number of aliphatic hydroxyl groups is 3. The summed E-state index contributed by atoms with van der Waals surface area (Å²) in [4.78, 5) is 40.9. The molecule has 9 nitrogen and oxygen atoms in total. The lowest BCUT2D eigenvalue weighted by Gasteiger charge is -2.50. The fourth-order valence-electron chi connectivity index (χ4n) is 6.94. The predicted molar refractivity (Wildman–Crippen MR) is 153 cm³/mol. The van der Waals surface area contributed by atoms with Crippen molar-refractivity contribution in [3.8, 4) is 16.9 Å². The van der Waals surface area contributed by atoms with Crippen molar-refractivity contribution in [2.24, 2.45) is 17.6 Å². The summed E-state index contributed by atoms with van der Waals surface area (Å²) >= 11 is 0. The zero-order chi connectivity index (χ0) is 29.8. The molecule has 0 heterocycles. The predicted octanol–water partition coefficient (Wildman–Crippen LogP) is 3.36. The SMILES string of the molecule is CCCCCc1ccc(-c2ccc(O)c3c2C[C@@H]2C[C@@H]4[C@@H](N(C)C)C(=O)C(C(N)=O)=C(O)[C@]4(O)C(=O)C2=C3O)cc1. The number of aromatic hydroxyl groups is 1. The average Bonchev–Trinajstić information content (AvgIpc) is 2.91. The third kappa shape index (κ3) is 4.35. The summed E-state index contributed by atoms with van der Waals surface area (Å²) in [7, 11) is 3.16.